The molecular formula is C20H40N4O. The van der Waals surface area contributed by atoms with Gasteiger partial charge in [0.25, 0.3) is 0 Å². The van der Waals surface area contributed by atoms with E-state index in [1.807, 2.05) is 0 Å². The highest BCUT2D eigenvalue weighted by atomic mass is 16.5. The van der Waals surface area contributed by atoms with Crippen LogP contribution in [0.25, 0.3) is 0 Å². The van der Waals surface area contributed by atoms with Crippen molar-refractivity contribution in [2.45, 2.75) is 71.3 Å². The predicted octanol–water partition coefficient (Wildman–Crippen LogP) is 3.01. The number of guanidine groups is 1. The highest BCUT2D eigenvalue weighted by Crippen LogP contribution is 2.41. The molecule has 25 heavy (non-hydrogen) atoms. The number of piperidine rings is 1. The Morgan fingerprint density at radius 1 is 1.16 bits per heavy atom. The largest absolute Gasteiger partial charge is 0.385 e. The van der Waals surface area contributed by atoms with Crippen LogP contribution in [0, 0.1) is 5.41 Å². The molecule has 0 radical (unpaired) electrons. The lowest BCUT2D eigenvalue weighted by Crippen LogP contribution is -2.49. The molecular weight excluding hydrogens is 312 g/mol. The number of hydrogen-bond acceptors (Lipinski definition) is 3. The Hall–Kier alpha value is -0.810. The highest BCUT2D eigenvalue weighted by molar-refractivity contribution is 5.79. The summed E-state index contributed by atoms with van der Waals surface area (Å²) in [6, 6.07) is 0.650. The van der Waals surface area contributed by atoms with Crippen molar-refractivity contribution in [3.63, 3.8) is 0 Å². The van der Waals surface area contributed by atoms with Gasteiger partial charge in [-0.15, -0.1) is 0 Å². The molecule has 0 aromatic heterocycles. The van der Waals surface area contributed by atoms with Crippen molar-refractivity contribution in [3.05, 3.63) is 0 Å². The van der Waals surface area contributed by atoms with Crippen LogP contribution in [-0.4, -0.2) is 63.3 Å². The molecule has 2 N–H and O–H groups in total. The Morgan fingerprint density at radius 3 is 2.64 bits per heavy atom. The van der Waals surface area contributed by atoms with Gasteiger partial charge >= 0.3 is 0 Å². The Morgan fingerprint density at radius 2 is 1.96 bits per heavy atom. The first-order valence-electron chi connectivity index (χ1n) is 10.5. The van der Waals surface area contributed by atoms with E-state index >= 15 is 0 Å². The number of ether oxygens (including phenoxy) is 1. The van der Waals surface area contributed by atoms with Crippen molar-refractivity contribution in [2.75, 3.05) is 46.4 Å². The molecule has 1 saturated carbocycles. The van der Waals surface area contributed by atoms with E-state index in [0.717, 1.165) is 45.2 Å². The van der Waals surface area contributed by atoms with E-state index in [1.54, 1.807) is 7.11 Å². The number of nitrogens with one attached hydrogen (secondary N) is 2. The lowest BCUT2D eigenvalue weighted by molar-refractivity contribution is 0.141. The Balaban J connectivity index is 1.90. The van der Waals surface area contributed by atoms with Crippen LogP contribution in [-0.2, 0) is 4.74 Å². The number of methoxy groups -OCH3 is 1. The average Bonchev–Trinajstić information content (AvgIpc) is 3.12. The van der Waals surface area contributed by atoms with Gasteiger partial charge in [-0.3, -0.25) is 9.89 Å². The number of hydrogen-bond donors (Lipinski definition) is 2. The van der Waals surface area contributed by atoms with Crippen LogP contribution < -0.4 is 10.6 Å². The second-order valence-corrected chi connectivity index (χ2v) is 7.80. The minimum Gasteiger partial charge on any atom is -0.385 e. The SMILES string of the molecule is CCNC(=NCC1(CCOC)CCCC1)NCC1CCCCN1CC. The Labute approximate surface area is 155 Å². The Bertz CT molecular complexity index is 393. The molecule has 1 unspecified atom stereocenters. The zero-order valence-electron chi connectivity index (χ0n) is 16.8. The summed E-state index contributed by atoms with van der Waals surface area (Å²) in [5, 5.41) is 7.06. The van der Waals surface area contributed by atoms with Gasteiger partial charge in [0.05, 0.1) is 0 Å². The van der Waals surface area contributed by atoms with E-state index in [1.165, 1.54) is 51.5 Å². The van der Waals surface area contributed by atoms with Crippen molar-refractivity contribution in [1.82, 2.24) is 15.5 Å². The minimum atomic E-state index is 0.360. The van der Waals surface area contributed by atoms with E-state index in [0.29, 0.717) is 11.5 Å². The first-order chi connectivity index (χ1) is 12.2. The molecule has 2 fully saturated rings. The molecule has 1 aliphatic heterocycles. The number of aliphatic imine (C=N–C) groups is 1. The molecule has 5 heteroatoms. The summed E-state index contributed by atoms with van der Waals surface area (Å²) in [6.45, 7) is 10.5. The molecule has 1 aliphatic carbocycles. The van der Waals surface area contributed by atoms with E-state index in [-0.39, 0.29) is 0 Å². The fourth-order valence-electron chi connectivity index (χ4n) is 4.44. The third-order valence-corrected chi connectivity index (χ3v) is 6.08. The molecule has 5 nitrogen and oxygen atoms in total. The molecule has 146 valence electrons. The molecule has 2 aliphatic rings. The van der Waals surface area contributed by atoms with Gasteiger partial charge in [-0.2, -0.15) is 0 Å². The van der Waals surface area contributed by atoms with Gasteiger partial charge in [-0.05, 0) is 57.5 Å². The molecule has 0 amide bonds. The van der Waals surface area contributed by atoms with Crippen LogP contribution in [0.15, 0.2) is 4.99 Å². The summed E-state index contributed by atoms with van der Waals surface area (Å²) >= 11 is 0. The van der Waals surface area contributed by atoms with Gasteiger partial charge < -0.3 is 15.4 Å². The summed E-state index contributed by atoms with van der Waals surface area (Å²) in [4.78, 5) is 7.58. The van der Waals surface area contributed by atoms with E-state index in [2.05, 4.69) is 29.4 Å². The maximum atomic E-state index is 5.35. The molecule has 0 aromatic carbocycles. The fourth-order valence-corrected chi connectivity index (χ4v) is 4.44. The van der Waals surface area contributed by atoms with Crippen LogP contribution in [0.5, 0.6) is 0 Å². The lowest BCUT2D eigenvalue weighted by atomic mass is 9.83. The number of likely N-dealkylation sites (N-methyl/N-ethyl adjacent to an activating group) is 1. The van der Waals surface area contributed by atoms with Crippen LogP contribution in [0.4, 0.5) is 0 Å². The second kappa shape index (κ2) is 11.0. The summed E-state index contributed by atoms with van der Waals surface area (Å²) < 4.78 is 5.35. The molecule has 1 atom stereocenters. The summed E-state index contributed by atoms with van der Waals surface area (Å²) in [5.41, 5.74) is 0.360. The predicted molar refractivity (Wildman–Crippen MR) is 106 cm³/mol. The lowest BCUT2D eigenvalue weighted by Gasteiger charge is -2.35. The maximum Gasteiger partial charge on any atom is 0.191 e. The van der Waals surface area contributed by atoms with Crippen molar-refractivity contribution in [2.24, 2.45) is 10.4 Å². The second-order valence-electron chi connectivity index (χ2n) is 7.80. The molecule has 0 spiro atoms. The number of rotatable bonds is 9. The quantitative estimate of drug-likeness (QED) is 0.495. The molecule has 0 aromatic rings. The van der Waals surface area contributed by atoms with Crippen molar-refractivity contribution in [1.29, 1.82) is 0 Å². The highest BCUT2D eigenvalue weighted by Gasteiger charge is 2.33. The molecule has 0 bridgehead atoms. The summed E-state index contributed by atoms with van der Waals surface area (Å²) in [6.07, 6.45) is 10.4. The zero-order chi connectivity index (χ0) is 18.0. The van der Waals surface area contributed by atoms with Crippen LogP contribution >= 0.6 is 0 Å². The van der Waals surface area contributed by atoms with Gasteiger partial charge in [0.15, 0.2) is 5.96 Å². The van der Waals surface area contributed by atoms with Gasteiger partial charge in [0.1, 0.15) is 0 Å². The van der Waals surface area contributed by atoms with E-state index in [9.17, 15) is 0 Å². The first-order valence-corrected chi connectivity index (χ1v) is 10.5. The number of likely N-dealkylation sites (tertiary alicyclic amines) is 1. The molecule has 1 heterocycles. The Kier molecular flexibility index (Phi) is 9.04. The van der Waals surface area contributed by atoms with Crippen molar-refractivity contribution >= 4 is 5.96 Å². The van der Waals surface area contributed by atoms with Crippen molar-refractivity contribution < 1.29 is 4.74 Å². The monoisotopic (exact) mass is 352 g/mol. The normalized spacial score (nSPS) is 24.4. The number of nitrogens with zero attached hydrogens (tertiary/aromatic N) is 2. The first kappa shape index (κ1) is 20.5. The fraction of sp³-hybridized carbons (Fsp3) is 0.950. The topological polar surface area (TPSA) is 48.9 Å². The van der Waals surface area contributed by atoms with Gasteiger partial charge in [0.2, 0.25) is 0 Å². The smallest absolute Gasteiger partial charge is 0.191 e. The molecule has 2 rings (SSSR count). The summed E-state index contributed by atoms with van der Waals surface area (Å²) in [7, 11) is 1.81. The van der Waals surface area contributed by atoms with E-state index < -0.39 is 0 Å². The third kappa shape index (κ3) is 6.45. The van der Waals surface area contributed by atoms with Crippen molar-refractivity contribution in [3.8, 4) is 0 Å². The average molecular weight is 353 g/mol. The molecule has 1 saturated heterocycles. The third-order valence-electron chi connectivity index (χ3n) is 6.08. The van der Waals surface area contributed by atoms with Gasteiger partial charge in [0, 0.05) is 39.4 Å². The maximum absolute atomic E-state index is 5.35. The van der Waals surface area contributed by atoms with Crippen LogP contribution in [0.3, 0.4) is 0 Å². The van der Waals surface area contributed by atoms with Crippen LogP contribution in [0.1, 0.15) is 65.2 Å². The standard InChI is InChI=1S/C20H40N4O/c1-4-21-19(22-16-18-10-6-9-14-24(18)5-2)23-17-20(13-15-25-3)11-7-8-12-20/h18H,4-17H2,1-3H3,(H2,21,22,23). The van der Waals surface area contributed by atoms with E-state index in [4.69, 9.17) is 9.73 Å². The van der Waals surface area contributed by atoms with Crippen LogP contribution in [0.2, 0.25) is 0 Å². The van der Waals surface area contributed by atoms with Gasteiger partial charge in [-0.25, -0.2) is 0 Å². The summed E-state index contributed by atoms with van der Waals surface area (Å²) in [5.74, 6) is 0.993. The minimum absolute atomic E-state index is 0.360. The van der Waals surface area contributed by atoms with Gasteiger partial charge in [-0.1, -0.05) is 26.2 Å². The zero-order valence-corrected chi connectivity index (χ0v) is 16.8.